The number of H-pyrrole nitrogens is 1. The number of fused-ring (bicyclic) bond motifs is 1. The van der Waals surface area contributed by atoms with E-state index in [9.17, 15) is 0 Å². The number of aromatic nitrogens is 4. The predicted octanol–water partition coefficient (Wildman–Crippen LogP) is 3.60. The van der Waals surface area contributed by atoms with Crippen molar-refractivity contribution in [2.45, 2.75) is 39.7 Å². The van der Waals surface area contributed by atoms with Gasteiger partial charge in [-0.05, 0) is 11.1 Å². The summed E-state index contributed by atoms with van der Waals surface area (Å²) in [5.41, 5.74) is 6.72. The summed E-state index contributed by atoms with van der Waals surface area (Å²) in [6.07, 6.45) is 12.1. The molecule has 0 fully saturated rings. The maximum absolute atomic E-state index is 4.47. The average molecular weight is 361 g/mol. The summed E-state index contributed by atoms with van der Waals surface area (Å²) in [6.45, 7) is 7.64. The molecule has 0 aliphatic carbocycles. The molecular weight excluding hydrogens is 334 g/mol. The zero-order valence-corrected chi connectivity index (χ0v) is 16.2. The van der Waals surface area contributed by atoms with E-state index in [0.717, 1.165) is 49.1 Å². The van der Waals surface area contributed by atoms with Gasteiger partial charge in [0.1, 0.15) is 30.7 Å². The lowest BCUT2D eigenvalue weighted by Gasteiger charge is -2.12. The standard InChI is InChI=1S/C22H26N5/c1-3-11-26-13-7-17(8-14-26)19-5-6-20(22-21(19)23-25-24-22)18-9-15-27(12-4-2)16-10-18/h5-9,13-15H,3-4,10-12,16H2,1-2H3/q+1/p+1. The van der Waals surface area contributed by atoms with Crippen molar-refractivity contribution in [3.05, 3.63) is 48.3 Å². The highest BCUT2D eigenvalue weighted by Crippen LogP contribution is 2.32. The lowest BCUT2D eigenvalue weighted by molar-refractivity contribution is -0.696. The lowest BCUT2D eigenvalue weighted by atomic mass is 9.95. The molecule has 1 aliphatic rings. The second-order valence-corrected chi connectivity index (χ2v) is 7.13. The maximum Gasteiger partial charge on any atom is 0.169 e. The molecule has 0 spiro atoms. The minimum absolute atomic E-state index is 0.942. The first kappa shape index (κ1) is 17.6. The van der Waals surface area contributed by atoms with Crippen LogP contribution in [0.15, 0.2) is 42.7 Å². The smallest absolute Gasteiger partial charge is 0.169 e. The molecule has 2 aromatic heterocycles. The Morgan fingerprint density at radius 1 is 0.926 bits per heavy atom. The van der Waals surface area contributed by atoms with E-state index in [4.69, 9.17) is 0 Å². The van der Waals surface area contributed by atoms with E-state index in [1.807, 2.05) is 0 Å². The van der Waals surface area contributed by atoms with E-state index in [1.165, 1.54) is 23.1 Å². The van der Waals surface area contributed by atoms with E-state index in [2.05, 4.69) is 87.4 Å². The molecule has 1 N–H and O–H groups in total. The third kappa shape index (κ3) is 3.54. The summed E-state index contributed by atoms with van der Waals surface area (Å²) in [4.78, 5) is 0. The van der Waals surface area contributed by atoms with Crippen LogP contribution in [0.2, 0.25) is 0 Å². The number of benzene rings is 1. The van der Waals surface area contributed by atoms with Crippen LogP contribution in [0.25, 0.3) is 27.7 Å². The summed E-state index contributed by atoms with van der Waals surface area (Å²) in [7, 11) is 0. The molecule has 0 bridgehead atoms. The number of pyridine rings is 1. The zero-order chi connectivity index (χ0) is 18.6. The van der Waals surface area contributed by atoms with Gasteiger partial charge in [0.25, 0.3) is 0 Å². The highest BCUT2D eigenvalue weighted by Gasteiger charge is 2.18. The van der Waals surface area contributed by atoms with E-state index in [1.54, 1.807) is 0 Å². The average Bonchev–Trinajstić information content (AvgIpc) is 3.19. The van der Waals surface area contributed by atoms with Crippen molar-refractivity contribution in [3.8, 4) is 11.1 Å². The summed E-state index contributed by atoms with van der Waals surface area (Å²) < 4.78 is 4.59. The molecule has 0 saturated heterocycles. The highest BCUT2D eigenvalue weighted by molar-refractivity contribution is 5.99. The zero-order valence-electron chi connectivity index (χ0n) is 16.2. The Morgan fingerprint density at radius 3 is 2.30 bits per heavy atom. The number of rotatable bonds is 6. The second kappa shape index (κ2) is 7.82. The van der Waals surface area contributed by atoms with Crippen LogP contribution in [0.1, 0.15) is 38.7 Å². The Bertz CT molecular complexity index is 995. The van der Waals surface area contributed by atoms with Gasteiger partial charge in [-0.3, -0.25) is 0 Å². The molecule has 3 heterocycles. The molecule has 0 radical (unpaired) electrons. The number of nitrogens with one attached hydrogen (secondary N) is 1. The van der Waals surface area contributed by atoms with Gasteiger partial charge in [-0.2, -0.15) is 15.4 Å². The fourth-order valence-electron chi connectivity index (χ4n) is 3.78. The van der Waals surface area contributed by atoms with Gasteiger partial charge in [0.2, 0.25) is 0 Å². The molecule has 5 heteroatoms. The van der Waals surface area contributed by atoms with Gasteiger partial charge >= 0.3 is 0 Å². The molecule has 0 saturated carbocycles. The van der Waals surface area contributed by atoms with Crippen LogP contribution < -0.4 is 4.57 Å². The van der Waals surface area contributed by atoms with Gasteiger partial charge in [0, 0.05) is 48.6 Å². The number of allylic oxidation sites excluding steroid dienone is 1. The van der Waals surface area contributed by atoms with Crippen molar-refractivity contribution in [2.75, 3.05) is 13.1 Å². The van der Waals surface area contributed by atoms with Crippen molar-refractivity contribution in [1.29, 1.82) is 0 Å². The molecule has 1 aromatic carbocycles. The Labute approximate surface area is 160 Å². The third-order valence-corrected chi connectivity index (χ3v) is 5.17. The first-order chi connectivity index (χ1) is 13.3. The second-order valence-electron chi connectivity index (χ2n) is 7.13. The molecule has 1 aliphatic heterocycles. The summed E-state index contributed by atoms with van der Waals surface area (Å²) in [5.74, 6) is 0. The van der Waals surface area contributed by atoms with Crippen molar-refractivity contribution in [3.63, 3.8) is 0 Å². The molecule has 3 aromatic rings. The molecule has 0 atom stereocenters. The lowest BCUT2D eigenvalue weighted by Crippen LogP contribution is -2.31. The van der Waals surface area contributed by atoms with Crippen LogP contribution in [0, 0.1) is 0 Å². The number of nitrogens with zero attached hydrogens (tertiary/aromatic N) is 4. The van der Waals surface area contributed by atoms with Crippen LogP contribution in [0.3, 0.4) is 0 Å². The van der Waals surface area contributed by atoms with E-state index < -0.39 is 0 Å². The monoisotopic (exact) mass is 361 g/mol. The van der Waals surface area contributed by atoms with Gasteiger partial charge in [-0.15, -0.1) is 0 Å². The quantitative estimate of drug-likeness (QED) is 0.682. The van der Waals surface area contributed by atoms with Gasteiger partial charge in [-0.25, -0.2) is 9.14 Å². The number of aromatic amines is 1. The third-order valence-electron chi connectivity index (χ3n) is 5.17. The highest BCUT2D eigenvalue weighted by atomic mass is 15.3. The Kier molecular flexibility index (Phi) is 5.10. The Hall–Kier alpha value is -2.82. The van der Waals surface area contributed by atoms with Crippen LogP contribution in [0.4, 0.5) is 0 Å². The van der Waals surface area contributed by atoms with Crippen LogP contribution in [-0.2, 0) is 6.54 Å². The summed E-state index contributed by atoms with van der Waals surface area (Å²) in [5, 5.41) is 11.8. The Balaban J connectivity index is 1.71. The molecular formula is C22H27N5+2. The predicted molar refractivity (Wildman–Crippen MR) is 109 cm³/mol. The van der Waals surface area contributed by atoms with Gasteiger partial charge < -0.3 is 0 Å². The van der Waals surface area contributed by atoms with E-state index in [-0.39, 0.29) is 0 Å². The van der Waals surface area contributed by atoms with Crippen LogP contribution in [-0.4, -0.2) is 39.3 Å². The van der Waals surface area contributed by atoms with Crippen LogP contribution in [0.5, 0.6) is 0 Å². The van der Waals surface area contributed by atoms with Crippen molar-refractivity contribution >= 4 is 22.8 Å². The molecule has 138 valence electrons. The van der Waals surface area contributed by atoms with E-state index in [0.29, 0.717) is 0 Å². The first-order valence-electron chi connectivity index (χ1n) is 9.91. The largest absolute Gasteiger partial charge is 0.236 e. The Morgan fingerprint density at radius 2 is 1.63 bits per heavy atom. The summed E-state index contributed by atoms with van der Waals surface area (Å²) >= 11 is 0. The molecule has 0 unspecified atom stereocenters. The fourth-order valence-corrected chi connectivity index (χ4v) is 3.78. The molecule has 27 heavy (non-hydrogen) atoms. The van der Waals surface area contributed by atoms with Crippen molar-refractivity contribution in [1.82, 2.24) is 15.4 Å². The molecule has 0 amide bonds. The molecule has 4 rings (SSSR count). The maximum atomic E-state index is 4.47. The minimum Gasteiger partial charge on any atom is -0.236 e. The normalized spacial score (nSPS) is 14.3. The van der Waals surface area contributed by atoms with Gasteiger partial charge in [0.05, 0.1) is 0 Å². The van der Waals surface area contributed by atoms with Crippen molar-refractivity contribution in [2.24, 2.45) is 0 Å². The SMILES string of the molecule is CCC[N+]1=CC=C(c2ccc(-c3cc[n+](CCC)cc3)c3n[nH]nc23)CC1. The van der Waals surface area contributed by atoms with Crippen molar-refractivity contribution < 1.29 is 9.14 Å². The van der Waals surface area contributed by atoms with Gasteiger partial charge in [0.15, 0.2) is 18.6 Å². The van der Waals surface area contributed by atoms with Gasteiger partial charge in [-0.1, -0.05) is 26.0 Å². The number of aryl methyl sites for hydroxylation is 1. The fraction of sp³-hybridized carbons (Fsp3) is 0.364. The van der Waals surface area contributed by atoms with E-state index >= 15 is 0 Å². The molecule has 5 nitrogen and oxygen atoms in total. The topological polar surface area (TPSA) is 48.5 Å². The van der Waals surface area contributed by atoms with Crippen LogP contribution >= 0.6 is 0 Å². The number of hydrogen-bond acceptors (Lipinski definition) is 2. The first-order valence-corrected chi connectivity index (χ1v) is 9.91. The summed E-state index contributed by atoms with van der Waals surface area (Å²) in [6, 6.07) is 8.70. The minimum atomic E-state index is 0.942. The number of hydrogen-bond donors (Lipinski definition) is 1.